The average Bonchev–Trinajstić information content (AvgIpc) is 2.52. The minimum absolute atomic E-state index is 0.652. The molecule has 3 aliphatic rings. The van der Waals surface area contributed by atoms with Crippen molar-refractivity contribution < 1.29 is 0 Å². The van der Waals surface area contributed by atoms with Crippen LogP contribution in [0.1, 0.15) is 12.8 Å². The van der Waals surface area contributed by atoms with Crippen LogP contribution in [-0.4, -0.2) is 5.25 Å². The number of hydrogen-bond donors (Lipinski definition) is 0. The van der Waals surface area contributed by atoms with Gasteiger partial charge < -0.3 is 0 Å². The molecule has 2 atom stereocenters. The highest BCUT2D eigenvalue weighted by atomic mass is 32.2. The van der Waals surface area contributed by atoms with Crippen molar-refractivity contribution in [3.05, 3.63) is 23.1 Å². The van der Waals surface area contributed by atoms with Crippen LogP contribution < -0.4 is 0 Å². The summed E-state index contributed by atoms with van der Waals surface area (Å²) in [5.74, 6) is 0. The Morgan fingerprint density at radius 2 is 2.67 bits per heavy atom. The SMILES string of the molecule is C1=CC2=CC23CCC3S1. The van der Waals surface area contributed by atoms with Crippen LogP contribution in [0.4, 0.5) is 0 Å². The maximum atomic E-state index is 2.44. The van der Waals surface area contributed by atoms with E-state index < -0.39 is 0 Å². The minimum Gasteiger partial charge on any atom is -0.129 e. The van der Waals surface area contributed by atoms with E-state index in [2.05, 4.69) is 17.6 Å². The van der Waals surface area contributed by atoms with Crippen molar-refractivity contribution in [3.63, 3.8) is 0 Å². The Morgan fingerprint density at radius 3 is 3.22 bits per heavy atom. The lowest BCUT2D eigenvalue weighted by molar-refractivity contribution is 0.336. The van der Waals surface area contributed by atoms with E-state index in [1.54, 1.807) is 5.57 Å². The summed E-state index contributed by atoms with van der Waals surface area (Å²) in [7, 11) is 0. The van der Waals surface area contributed by atoms with Crippen molar-refractivity contribution in [1.82, 2.24) is 0 Å². The fourth-order valence-corrected chi connectivity index (χ4v) is 3.14. The molecule has 3 rings (SSSR count). The first-order valence-corrected chi connectivity index (χ1v) is 4.41. The zero-order valence-corrected chi connectivity index (χ0v) is 5.95. The molecule has 46 valence electrons. The van der Waals surface area contributed by atoms with Crippen LogP contribution in [-0.2, 0) is 0 Å². The topological polar surface area (TPSA) is 0 Å². The quantitative estimate of drug-likeness (QED) is 0.492. The number of hydrogen-bond acceptors (Lipinski definition) is 1. The van der Waals surface area contributed by atoms with Gasteiger partial charge in [-0.15, -0.1) is 11.8 Å². The molecule has 1 heterocycles. The second kappa shape index (κ2) is 1.15. The predicted octanol–water partition coefficient (Wildman–Crippen LogP) is 2.34. The Morgan fingerprint density at radius 1 is 1.67 bits per heavy atom. The maximum Gasteiger partial charge on any atom is 0.0258 e. The van der Waals surface area contributed by atoms with E-state index in [4.69, 9.17) is 0 Å². The molecule has 1 fully saturated rings. The first kappa shape index (κ1) is 4.62. The molecule has 0 amide bonds. The summed E-state index contributed by atoms with van der Waals surface area (Å²) in [6.07, 6.45) is 7.59. The molecule has 1 aliphatic heterocycles. The Hall–Kier alpha value is -0.170. The zero-order valence-electron chi connectivity index (χ0n) is 5.13. The van der Waals surface area contributed by atoms with Gasteiger partial charge in [-0.25, -0.2) is 0 Å². The summed E-state index contributed by atoms with van der Waals surface area (Å²) >= 11 is 2.02. The van der Waals surface area contributed by atoms with Crippen LogP contribution in [0.3, 0.4) is 0 Å². The van der Waals surface area contributed by atoms with E-state index in [1.165, 1.54) is 12.8 Å². The molecule has 2 aliphatic carbocycles. The normalized spacial score (nSPS) is 50.7. The van der Waals surface area contributed by atoms with E-state index >= 15 is 0 Å². The third-order valence-corrected chi connectivity index (χ3v) is 4.03. The predicted molar refractivity (Wildman–Crippen MR) is 40.3 cm³/mol. The van der Waals surface area contributed by atoms with Crippen molar-refractivity contribution in [2.45, 2.75) is 18.1 Å². The molecule has 1 saturated carbocycles. The van der Waals surface area contributed by atoms with Gasteiger partial charge in [0.2, 0.25) is 0 Å². The van der Waals surface area contributed by atoms with Gasteiger partial charge in [0.15, 0.2) is 0 Å². The fraction of sp³-hybridized carbons (Fsp3) is 0.500. The minimum atomic E-state index is 0.652. The van der Waals surface area contributed by atoms with Gasteiger partial charge in [-0.05, 0) is 23.8 Å². The molecule has 0 aromatic rings. The molecule has 1 spiro atoms. The summed E-state index contributed by atoms with van der Waals surface area (Å²) in [4.78, 5) is 0. The molecular weight excluding hydrogens is 128 g/mol. The van der Waals surface area contributed by atoms with Crippen LogP contribution in [0.15, 0.2) is 23.1 Å². The van der Waals surface area contributed by atoms with E-state index in [0.717, 1.165) is 5.25 Å². The molecule has 2 unspecified atom stereocenters. The summed E-state index contributed by atoms with van der Waals surface area (Å²) in [5, 5.41) is 3.19. The third kappa shape index (κ3) is 0.370. The Balaban J connectivity index is 2.05. The van der Waals surface area contributed by atoms with Gasteiger partial charge in [-0.1, -0.05) is 12.2 Å². The summed E-state index contributed by atoms with van der Waals surface area (Å²) in [6.45, 7) is 0. The highest BCUT2D eigenvalue weighted by Gasteiger charge is 2.56. The molecule has 0 saturated heterocycles. The first-order chi connectivity index (χ1) is 4.42. The van der Waals surface area contributed by atoms with Crippen molar-refractivity contribution in [2.24, 2.45) is 5.41 Å². The van der Waals surface area contributed by atoms with Gasteiger partial charge in [0, 0.05) is 10.7 Å². The number of rotatable bonds is 0. The largest absolute Gasteiger partial charge is 0.129 e. The first-order valence-electron chi connectivity index (χ1n) is 3.47. The van der Waals surface area contributed by atoms with Gasteiger partial charge >= 0.3 is 0 Å². The highest BCUT2D eigenvalue weighted by Crippen LogP contribution is 2.66. The van der Waals surface area contributed by atoms with Gasteiger partial charge in [0.25, 0.3) is 0 Å². The van der Waals surface area contributed by atoms with E-state index in [-0.39, 0.29) is 0 Å². The van der Waals surface area contributed by atoms with Crippen molar-refractivity contribution in [3.8, 4) is 0 Å². The third-order valence-electron chi connectivity index (χ3n) is 2.75. The highest BCUT2D eigenvalue weighted by molar-refractivity contribution is 8.02. The van der Waals surface area contributed by atoms with Crippen LogP contribution in [0.2, 0.25) is 0 Å². The van der Waals surface area contributed by atoms with Crippen molar-refractivity contribution in [1.29, 1.82) is 0 Å². The van der Waals surface area contributed by atoms with E-state index in [1.807, 2.05) is 11.8 Å². The molecule has 0 aromatic heterocycles. The van der Waals surface area contributed by atoms with Gasteiger partial charge in [-0.3, -0.25) is 0 Å². The fourth-order valence-electron chi connectivity index (χ4n) is 1.91. The number of thioether (sulfide) groups is 1. The summed E-state index contributed by atoms with van der Waals surface area (Å²) in [6, 6.07) is 0. The molecule has 0 aromatic carbocycles. The Labute approximate surface area is 59.0 Å². The van der Waals surface area contributed by atoms with Crippen molar-refractivity contribution >= 4 is 11.8 Å². The lowest BCUT2D eigenvalue weighted by Gasteiger charge is -2.39. The Kier molecular flexibility index (Phi) is 0.589. The summed E-state index contributed by atoms with van der Waals surface area (Å²) in [5.41, 5.74) is 2.27. The molecule has 0 bridgehead atoms. The molecule has 1 heteroatoms. The standard InChI is InChI=1S/C8H8S/c1-3-8-5-6(8)2-4-9-7(1)8/h2,4-5,7H,1,3H2. The summed E-state index contributed by atoms with van der Waals surface area (Å²) < 4.78 is 0. The van der Waals surface area contributed by atoms with Gasteiger partial charge in [0.1, 0.15) is 0 Å². The van der Waals surface area contributed by atoms with Gasteiger partial charge in [0.05, 0.1) is 0 Å². The molecular formula is C8H8S. The molecule has 0 radical (unpaired) electrons. The maximum absolute atomic E-state index is 2.44. The molecule has 0 N–H and O–H groups in total. The van der Waals surface area contributed by atoms with Crippen LogP contribution >= 0.6 is 11.8 Å². The second-order valence-electron chi connectivity index (χ2n) is 3.11. The zero-order chi connectivity index (χ0) is 5.90. The van der Waals surface area contributed by atoms with Crippen LogP contribution in [0, 0.1) is 5.41 Å². The lowest BCUT2D eigenvalue weighted by Crippen LogP contribution is -2.33. The smallest absolute Gasteiger partial charge is 0.0258 e. The molecule has 9 heavy (non-hydrogen) atoms. The molecule has 0 nitrogen and oxygen atoms in total. The second-order valence-corrected chi connectivity index (χ2v) is 4.22. The lowest BCUT2D eigenvalue weighted by atomic mass is 9.76. The van der Waals surface area contributed by atoms with E-state index in [0.29, 0.717) is 5.41 Å². The van der Waals surface area contributed by atoms with Gasteiger partial charge in [-0.2, -0.15) is 0 Å². The Bertz CT molecular complexity index is 227. The van der Waals surface area contributed by atoms with E-state index in [9.17, 15) is 0 Å². The van der Waals surface area contributed by atoms with Crippen molar-refractivity contribution in [2.75, 3.05) is 0 Å². The average molecular weight is 136 g/mol. The monoisotopic (exact) mass is 136 g/mol. The van der Waals surface area contributed by atoms with Crippen LogP contribution in [0.25, 0.3) is 0 Å². The number of allylic oxidation sites excluding steroid dienone is 3. The van der Waals surface area contributed by atoms with Crippen LogP contribution in [0.5, 0.6) is 0 Å².